The van der Waals surface area contributed by atoms with E-state index in [0.29, 0.717) is 0 Å². The van der Waals surface area contributed by atoms with Crippen LogP contribution in [0.15, 0.2) is 18.3 Å². The van der Waals surface area contributed by atoms with E-state index in [1.807, 2.05) is 0 Å². The largest absolute Gasteiger partial charge is 0.477 e. The van der Waals surface area contributed by atoms with Gasteiger partial charge in [0.2, 0.25) is 5.91 Å². The molecule has 1 fully saturated rings. The number of carbonyl (C=O) groups excluding carboxylic acids is 2. The lowest BCUT2D eigenvalue weighted by atomic mass is 10.2. The molecule has 9 nitrogen and oxygen atoms in total. The molecule has 0 spiro atoms. The fraction of sp³-hybridized carbons (Fsp3) is 0.429. The number of aromatic carboxylic acids is 1. The second-order valence-corrected chi connectivity index (χ2v) is 7.71. The summed E-state index contributed by atoms with van der Waals surface area (Å²) in [6, 6.07) is 1.66. The molecular formula is C14H17N3O6S. The molecule has 1 aliphatic rings. The topological polar surface area (TPSA) is 134 Å². The van der Waals surface area contributed by atoms with Crippen LogP contribution in [-0.2, 0) is 14.6 Å². The van der Waals surface area contributed by atoms with Crippen LogP contribution in [0.1, 0.15) is 27.8 Å². The van der Waals surface area contributed by atoms with Crippen LogP contribution in [0.2, 0.25) is 0 Å². The van der Waals surface area contributed by atoms with Crippen LogP contribution in [0.25, 0.3) is 0 Å². The second-order valence-electron chi connectivity index (χ2n) is 5.41. The number of sulfone groups is 1. The first-order valence-electron chi connectivity index (χ1n) is 7.19. The summed E-state index contributed by atoms with van der Waals surface area (Å²) in [5.74, 6) is -2.30. The molecule has 2 amide bonds. The molecule has 0 bridgehead atoms. The second kappa shape index (κ2) is 6.95. The van der Waals surface area contributed by atoms with Gasteiger partial charge >= 0.3 is 5.97 Å². The smallest absolute Gasteiger partial charge is 0.354 e. The highest BCUT2D eigenvalue weighted by Crippen LogP contribution is 2.07. The van der Waals surface area contributed by atoms with Crippen molar-refractivity contribution < 1.29 is 27.9 Å². The van der Waals surface area contributed by atoms with Crippen molar-refractivity contribution in [3.05, 3.63) is 29.6 Å². The summed E-state index contributed by atoms with van der Waals surface area (Å²) >= 11 is 0. The maximum atomic E-state index is 12.2. The Kier molecular flexibility index (Phi) is 5.17. The molecule has 2 N–H and O–H groups in total. The van der Waals surface area contributed by atoms with E-state index in [2.05, 4.69) is 10.3 Å². The number of carboxylic acid groups (broad SMARTS) is 1. The number of aromatic nitrogens is 1. The van der Waals surface area contributed by atoms with Gasteiger partial charge in [0.1, 0.15) is 11.7 Å². The normalized spacial score (nSPS) is 17.8. The van der Waals surface area contributed by atoms with Crippen molar-refractivity contribution in [3.63, 3.8) is 0 Å². The van der Waals surface area contributed by atoms with Crippen LogP contribution >= 0.6 is 0 Å². The predicted molar refractivity (Wildman–Crippen MR) is 83.4 cm³/mol. The molecule has 1 aromatic heterocycles. The first-order chi connectivity index (χ1) is 11.2. The molecule has 2 rings (SSSR count). The van der Waals surface area contributed by atoms with Gasteiger partial charge in [0, 0.05) is 19.3 Å². The van der Waals surface area contributed by atoms with Crippen LogP contribution in [-0.4, -0.2) is 71.8 Å². The van der Waals surface area contributed by atoms with E-state index in [9.17, 15) is 22.8 Å². The van der Waals surface area contributed by atoms with Crippen molar-refractivity contribution in [2.24, 2.45) is 0 Å². The number of carbonyl (C=O) groups is 3. The van der Waals surface area contributed by atoms with E-state index in [0.717, 1.165) is 6.20 Å². The van der Waals surface area contributed by atoms with Gasteiger partial charge < -0.3 is 15.3 Å². The maximum Gasteiger partial charge on any atom is 0.354 e. The van der Waals surface area contributed by atoms with Crippen molar-refractivity contribution in [2.75, 3.05) is 24.6 Å². The molecule has 130 valence electrons. The fourth-order valence-corrected chi connectivity index (χ4v) is 3.40. The van der Waals surface area contributed by atoms with Crippen LogP contribution in [0.5, 0.6) is 0 Å². The monoisotopic (exact) mass is 355 g/mol. The van der Waals surface area contributed by atoms with Gasteiger partial charge in [0.05, 0.1) is 17.1 Å². The average molecular weight is 355 g/mol. The Hall–Kier alpha value is -2.49. The van der Waals surface area contributed by atoms with Crippen molar-refractivity contribution in [2.45, 2.75) is 13.0 Å². The Morgan fingerprint density at radius 3 is 2.38 bits per heavy atom. The van der Waals surface area contributed by atoms with Gasteiger partial charge in [-0.3, -0.25) is 9.59 Å². The van der Waals surface area contributed by atoms with Crippen LogP contribution < -0.4 is 5.32 Å². The zero-order valence-electron chi connectivity index (χ0n) is 12.9. The molecule has 0 radical (unpaired) electrons. The summed E-state index contributed by atoms with van der Waals surface area (Å²) in [6.45, 7) is 1.72. The average Bonchev–Trinajstić information content (AvgIpc) is 2.54. The molecular weight excluding hydrogens is 338 g/mol. The Morgan fingerprint density at radius 2 is 1.88 bits per heavy atom. The van der Waals surface area contributed by atoms with Crippen molar-refractivity contribution in [3.8, 4) is 0 Å². The predicted octanol–water partition coefficient (Wildman–Crippen LogP) is -0.845. The third-order valence-electron chi connectivity index (χ3n) is 3.62. The number of hydrogen-bond acceptors (Lipinski definition) is 6. The summed E-state index contributed by atoms with van der Waals surface area (Å²) < 4.78 is 22.7. The first-order valence-corrected chi connectivity index (χ1v) is 9.01. The van der Waals surface area contributed by atoms with Crippen molar-refractivity contribution in [1.29, 1.82) is 0 Å². The minimum atomic E-state index is -3.09. The molecule has 24 heavy (non-hydrogen) atoms. The molecule has 0 aromatic carbocycles. The van der Waals surface area contributed by atoms with Crippen LogP contribution in [0.3, 0.4) is 0 Å². The number of hydrogen-bond donors (Lipinski definition) is 2. The summed E-state index contributed by atoms with van der Waals surface area (Å²) in [5.41, 5.74) is -0.0638. The SMILES string of the molecule is CC(NC(=O)c1ccc(C(=O)O)nc1)C(=O)N1CCS(=O)(=O)CC1. The van der Waals surface area contributed by atoms with Crippen molar-refractivity contribution >= 4 is 27.6 Å². The highest BCUT2D eigenvalue weighted by atomic mass is 32.2. The number of nitrogens with zero attached hydrogens (tertiary/aromatic N) is 2. The number of rotatable bonds is 4. The standard InChI is InChI=1S/C14H17N3O6S/c1-9(13(19)17-4-6-24(22,23)7-5-17)16-12(18)10-2-3-11(14(20)21)15-8-10/h2-3,8-9H,4-7H2,1H3,(H,16,18)(H,20,21). The summed E-state index contributed by atoms with van der Waals surface area (Å²) in [6.07, 6.45) is 1.11. The zero-order valence-corrected chi connectivity index (χ0v) is 13.7. The zero-order chi connectivity index (χ0) is 17.9. The highest BCUT2D eigenvalue weighted by Gasteiger charge is 2.28. The van der Waals surface area contributed by atoms with Gasteiger partial charge in [-0.1, -0.05) is 0 Å². The van der Waals surface area contributed by atoms with E-state index < -0.39 is 27.8 Å². The molecule has 0 aliphatic carbocycles. The molecule has 1 saturated heterocycles. The maximum absolute atomic E-state index is 12.2. The third-order valence-corrected chi connectivity index (χ3v) is 5.23. The van der Waals surface area contributed by atoms with Crippen LogP contribution in [0.4, 0.5) is 0 Å². The van der Waals surface area contributed by atoms with E-state index in [1.54, 1.807) is 0 Å². The van der Waals surface area contributed by atoms with E-state index >= 15 is 0 Å². The number of carboxylic acids is 1. The third kappa shape index (κ3) is 4.28. The lowest BCUT2D eigenvalue weighted by molar-refractivity contribution is -0.132. The lowest BCUT2D eigenvalue weighted by Crippen LogP contribution is -2.51. The fourth-order valence-electron chi connectivity index (χ4n) is 2.20. The Bertz CT molecular complexity index is 745. The molecule has 1 unspecified atom stereocenters. The van der Waals surface area contributed by atoms with E-state index in [4.69, 9.17) is 5.11 Å². The molecule has 2 heterocycles. The minimum Gasteiger partial charge on any atom is -0.477 e. The molecule has 0 saturated carbocycles. The number of nitrogens with one attached hydrogen (secondary N) is 1. The van der Waals surface area contributed by atoms with Gasteiger partial charge in [-0.2, -0.15) is 0 Å². The minimum absolute atomic E-state index is 0.0834. The van der Waals surface area contributed by atoms with Crippen molar-refractivity contribution in [1.82, 2.24) is 15.2 Å². The van der Waals surface area contributed by atoms with Gasteiger partial charge in [-0.25, -0.2) is 18.2 Å². The van der Waals surface area contributed by atoms with Crippen LogP contribution in [0, 0.1) is 0 Å². The lowest BCUT2D eigenvalue weighted by Gasteiger charge is -2.29. The highest BCUT2D eigenvalue weighted by molar-refractivity contribution is 7.91. The number of pyridine rings is 1. The summed E-state index contributed by atoms with van der Waals surface area (Å²) in [4.78, 5) is 40.1. The molecule has 1 aliphatic heterocycles. The summed E-state index contributed by atoms with van der Waals surface area (Å²) in [5, 5.41) is 11.3. The van der Waals surface area contributed by atoms with E-state index in [1.165, 1.54) is 24.0 Å². The van der Waals surface area contributed by atoms with Gasteiger partial charge in [0.25, 0.3) is 5.91 Å². The van der Waals surface area contributed by atoms with Gasteiger partial charge in [-0.05, 0) is 19.1 Å². The van der Waals surface area contributed by atoms with Gasteiger partial charge in [-0.15, -0.1) is 0 Å². The Balaban J connectivity index is 1.95. The Labute approximate surface area is 138 Å². The Morgan fingerprint density at radius 1 is 1.25 bits per heavy atom. The molecule has 1 aromatic rings. The van der Waals surface area contributed by atoms with E-state index in [-0.39, 0.29) is 41.8 Å². The molecule has 1 atom stereocenters. The number of amides is 2. The quantitative estimate of drug-likeness (QED) is 0.719. The summed E-state index contributed by atoms with van der Waals surface area (Å²) in [7, 11) is -3.09. The first kappa shape index (κ1) is 17.9. The molecule has 10 heteroatoms. The van der Waals surface area contributed by atoms with Gasteiger partial charge in [0.15, 0.2) is 9.84 Å².